The number of aromatic amines is 1. The number of primary sulfonamides is 1. The first-order valence-electron chi connectivity index (χ1n) is 6.79. The zero-order valence-electron chi connectivity index (χ0n) is 11.5. The van der Waals surface area contributed by atoms with Gasteiger partial charge in [-0.1, -0.05) is 18.2 Å². The number of benzene rings is 1. The van der Waals surface area contributed by atoms with E-state index in [4.69, 9.17) is 5.14 Å². The van der Waals surface area contributed by atoms with Crippen LogP contribution in [0.3, 0.4) is 0 Å². The van der Waals surface area contributed by atoms with Crippen molar-refractivity contribution in [2.75, 3.05) is 13.1 Å². The summed E-state index contributed by atoms with van der Waals surface area (Å²) in [6.45, 7) is 0.696. The second-order valence-electron chi connectivity index (χ2n) is 5.36. The third-order valence-electron chi connectivity index (χ3n) is 3.97. The van der Waals surface area contributed by atoms with Gasteiger partial charge < -0.3 is 9.88 Å². The molecule has 2 aromatic rings. The molecule has 0 aliphatic carbocycles. The van der Waals surface area contributed by atoms with Crippen LogP contribution >= 0.6 is 0 Å². The molecule has 1 aromatic carbocycles. The third-order valence-corrected chi connectivity index (χ3v) is 5.21. The summed E-state index contributed by atoms with van der Waals surface area (Å²) in [4.78, 5) is 16.6. The van der Waals surface area contributed by atoms with Gasteiger partial charge in [-0.2, -0.15) is 0 Å². The minimum atomic E-state index is -3.65. The maximum Gasteiger partial charge on any atom is 0.224 e. The van der Waals surface area contributed by atoms with E-state index in [1.165, 1.54) is 0 Å². The second kappa shape index (κ2) is 5.16. The SMILES string of the molecule is NS(=O)(=O)C1CC(=O)N(CCc2cccc3cc[nH]c23)C1. The lowest BCUT2D eigenvalue weighted by Gasteiger charge is -2.16. The van der Waals surface area contributed by atoms with Crippen LogP contribution in [-0.4, -0.2) is 42.5 Å². The zero-order valence-corrected chi connectivity index (χ0v) is 12.3. The van der Waals surface area contributed by atoms with Crippen LogP contribution in [0, 0.1) is 0 Å². The van der Waals surface area contributed by atoms with Crippen molar-refractivity contribution in [1.29, 1.82) is 0 Å². The van der Waals surface area contributed by atoms with Crippen LogP contribution in [0.2, 0.25) is 0 Å². The molecule has 1 unspecified atom stereocenters. The maximum absolute atomic E-state index is 11.9. The number of hydrogen-bond acceptors (Lipinski definition) is 3. The van der Waals surface area contributed by atoms with Gasteiger partial charge in [0.25, 0.3) is 0 Å². The van der Waals surface area contributed by atoms with Gasteiger partial charge in [-0.05, 0) is 23.4 Å². The molecular weight excluding hydrogens is 290 g/mol. The Kier molecular flexibility index (Phi) is 3.46. The molecule has 0 spiro atoms. The number of carbonyl (C=O) groups excluding carboxylic acids is 1. The molecule has 1 aliphatic heterocycles. The van der Waals surface area contributed by atoms with Crippen LogP contribution < -0.4 is 5.14 Å². The summed E-state index contributed by atoms with van der Waals surface area (Å²) in [5.74, 6) is -0.146. The molecular formula is C14H17N3O3S. The van der Waals surface area contributed by atoms with Crippen LogP contribution in [0.5, 0.6) is 0 Å². The van der Waals surface area contributed by atoms with Crippen LogP contribution in [-0.2, 0) is 21.2 Å². The highest BCUT2D eigenvalue weighted by molar-refractivity contribution is 7.89. The molecule has 7 heteroatoms. The smallest absolute Gasteiger partial charge is 0.224 e. The predicted octanol–water partition coefficient (Wildman–Crippen LogP) is 0.600. The van der Waals surface area contributed by atoms with Crippen molar-refractivity contribution < 1.29 is 13.2 Å². The zero-order chi connectivity index (χ0) is 15.0. The highest BCUT2D eigenvalue weighted by Gasteiger charge is 2.36. The second-order valence-corrected chi connectivity index (χ2v) is 7.21. The monoisotopic (exact) mass is 307 g/mol. The normalized spacial score (nSPS) is 19.6. The minimum absolute atomic E-state index is 0.00840. The van der Waals surface area contributed by atoms with Gasteiger partial charge in [0.1, 0.15) is 5.25 Å². The molecule has 3 rings (SSSR count). The molecule has 3 N–H and O–H groups in total. The Bertz CT molecular complexity index is 782. The van der Waals surface area contributed by atoms with Crippen molar-refractivity contribution in [3.8, 4) is 0 Å². The Morgan fingerprint density at radius 3 is 2.86 bits per heavy atom. The summed E-state index contributed by atoms with van der Waals surface area (Å²) in [5, 5.41) is 5.48. The van der Waals surface area contributed by atoms with E-state index in [1.54, 1.807) is 4.90 Å². The summed E-state index contributed by atoms with van der Waals surface area (Å²) in [5.41, 5.74) is 2.18. The molecule has 1 saturated heterocycles. The Labute approximate surface area is 123 Å². The summed E-state index contributed by atoms with van der Waals surface area (Å²) >= 11 is 0. The fourth-order valence-corrected chi connectivity index (χ4v) is 3.55. The van der Waals surface area contributed by atoms with Gasteiger partial charge in [0.15, 0.2) is 0 Å². The van der Waals surface area contributed by atoms with E-state index in [2.05, 4.69) is 4.98 Å². The van der Waals surface area contributed by atoms with E-state index in [9.17, 15) is 13.2 Å². The Morgan fingerprint density at radius 1 is 1.33 bits per heavy atom. The van der Waals surface area contributed by atoms with Gasteiger partial charge in [-0.3, -0.25) is 4.79 Å². The number of likely N-dealkylation sites (tertiary alicyclic amines) is 1. The molecule has 1 amide bonds. The lowest BCUT2D eigenvalue weighted by atomic mass is 10.1. The quantitative estimate of drug-likeness (QED) is 0.865. The first-order valence-corrected chi connectivity index (χ1v) is 8.40. The van der Waals surface area contributed by atoms with Crippen molar-refractivity contribution in [2.24, 2.45) is 5.14 Å². The lowest BCUT2D eigenvalue weighted by molar-refractivity contribution is -0.127. The molecule has 0 radical (unpaired) electrons. The number of rotatable bonds is 4. The largest absolute Gasteiger partial charge is 0.361 e. The van der Waals surface area contributed by atoms with E-state index in [1.807, 2.05) is 30.5 Å². The van der Waals surface area contributed by atoms with Crippen molar-refractivity contribution in [1.82, 2.24) is 9.88 Å². The summed E-state index contributed by atoms with van der Waals surface area (Å²) in [6.07, 6.45) is 2.55. The predicted molar refractivity (Wildman–Crippen MR) is 80.1 cm³/mol. The molecule has 0 bridgehead atoms. The highest BCUT2D eigenvalue weighted by atomic mass is 32.2. The fourth-order valence-electron chi connectivity index (χ4n) is 2.79. The Morgan fingerprint density at radius 2 is 2.14 bits per heavy atom. The average Bonchev–Trinajstić information content (AvgIpc) is 3.02. The van der Waals surface area contributed by atoms with E-state index in [-0.39, 0.29) is 18.9 Å². The molecule has 21 heavy (non-hydrogen) atoms. The van der Waals surface area contributed by atoms with Gasteiger partial charge in [0.05, 0.1) is 0 Å². The van der Waals surface area contributed by atoms with Crippen molar-refractivity contribution in [3.05, 3.63) is 36.0 Å². The number of nitrogens with two attached hydrogens (primary N) is 1. The number of nitrogens with zero attached hydrogens (tertiary/aromatic N) is 1. The molecule has 0 saturated carbocycles. The first kappa shape index (κ1) is 14.1. The Hall–Kier alpha value is -1.86. The van der Waals surface area contributed by atoms with Crippen LogP contribution in [0.4, 0.5) is 0 Å². The van der Waals surface area contributed by atoms with Crippen molar-refractivity contribution >= 4 is 26.8 Å². The molecule has 1 atom stereocenters. The maximum atomic E-state index is 11.9. The average molecular weight is 307 g/mol. The van der Waals surface area contributed by atoms with Gasteiger partial charge >= 0.3 is 0 Å². The molecule has 1 aromatic heterocycles. The number of H-pyrrole nitrogens is 1. The molecule has 112 valence electrons. The van der Waals surface area contributed by atoms with Crippen LogP contribution in [0.25, 0.3) is 10.9 Å². The Balaban J connectivity index is 1.71. The summed E-state index contributed by atoms with van der Waals surface area (Å²) in [7, 11) is -3.65. The highest BCUT2D eigenvalue weighted by Crippen LogP contribution is 2.20. The molecule has 1 fully saturated rings. The van der Waals surface area contributed by atoms with E-state index in [0.717, 1.165) is 16.5 Å². The molecule has 1 aliphatic rings. The van der Waals surface area contributed by atoms with E-state index < -0.39 is 15.3 Å². The third kappa shape index (κ3) is 2.79. The lowest BCUT2D eigenvalue weighted by Crippen LogP contribution is -2.33. The number of hydrogen-bond donors (Lipinski definition) is 2. The first-order chi connectivity index (χ1) is 9.95. The van der Waals surface area contributed by atoms with Crippen LogP contribution in [0.1, 0.15) is 12.0 Å². The van der Waals surface area contributed by atoms with Crippen LogP contribution in [0.15, 0.2) is 30.5 Å². The van der Waals surface area contributed by atoms with Crippen molar-refractivity contribution in [3.63, 3.8) is 0 Å². The number of carbonyl (C=O) groups is 1. The standard InChI is InChI=1S/C14H17N3O3S/c15-21(19,20)12-8-13(18)17(9-12)7-5-11-3-1-2-10-4-6-16-14(10)11/h1-4,6,12,16H,5,7-9H2,(H2,15,19,20). The minimum Gasteiger partial charge on any atom is -0.361 e. The number of sulfonamides is 1. The number of fused-ring (bicyclic) bond motifs is 1. The number of aromatic nitrogens is 1. The summed E-state index contributed by atoms with van der Waals surface area (Å²) in [6, 6.07) is 8.01. The van der Waals surface area contributed by atoms with Gasteiger partial charge in [-0.15, -0.1) is 0 Å². The van der Waals surface area contributed by atoms with Gasteiger partial charge in [0.2, 0.25) is 15.9 Å². The molecule has 2 heterocycles. The van der Waals surface area contributed by atoms with E-state index >= 15 is 0 Å². The fraction of sp³-hybridized carbons (Fsp3) is 0.357. The number of nitrogens with one attached hydrogen (secondary N) is 1. The number of para-hydroxylation sites is 1. The summed E-state index contributed by atoms with van der Waals surface area (Å²) < 4.78 is 22.7. The van der Waals surface area contributed by atoms with E-state index in [0.29, 0.717) is 13.0 Å². The molecule has 6 nitrogen and oxygen atoms in total. The van der Waals surface area contributed by atoms with Gasteiger partial charge in [-0.25, -0.2) is 13.6 Å². The topological polar surface area (TPSA) is 96.3 Å². The van der Waals surface area contributed by atoms with Crippen molar-refractivity contribution in [2.45, 2.75) is 18.1 Å². The number of amides is 1. The van der Waals surface area contributed by atoms with Gasteiger partial charge in [0, 0.05) is 31.2 Å².